The normalized spacial score (nSPS) is 19.9. The van der Waals surface area contributed by atoms with Crippen LogP contribution < -0.4 is 21.5 Å². The monoisotopic (exact) mass is 773 g/mol. The lowest BCUT2D eigenvalue weighted by atomic mass is 10.0. The lowest BCUT2D eigenvalue weighted by molar-refractivity contribution is -0.138. The van der Waals surface area contributed by atoms with Gasteiger partial charge in [0.1, 0.15) is 28.3 Å². The van der Waals surface area contributed by atoms with Crippen LogP contribution in [0.1, 0.15) is 64.7 Å². The zero-order valence-corrected chi connectivity index (χ0v) is 32.6. The van der Waals surface area contributed by atoms with Gasteiger partial charge >= 0.3 is 0 Å². The molecule has 0 saturated heterocycles. The third-order valence-corrected chi connectivity index (χ3v) is 10.3. The average Bonchev–Trinajstić information content (AvgIpc) is 3.80. The van der Waals surface area contributed by atoms with Gasteiger partial charge in [-0.15, -0.1) is 11.3 Å². The number of carbonyl (C=O) groups excluding carboxylic acids is 6. The highest BCUT2D eigenvalue weighted by Gasteiger charge is 2.31. The fourth-order valence-electron chi connectivity index (χ4n) is 6.41. The summed E-state index contributed by atoms with van der Waals surface area (Å²) in [5.41, 5.74) is 0.981. The van der Waals surface area contributed by atoms with Crippen molar-refractivity contribution in [2.24, 2.45) is 13.0 Å². The number of amides is 6. The van der Waals surface area contributed by atoms with E-state index in [1.54, 1.807) is 17.6 Å². The number of aromatic nitrogens is 3. The molecule has 3 atom stereocenters. The Kier molecular flexibility index (Phi) is 12.9. The van der Waals surface area contributed by atoms with Crippen molar-refractivity contribution in [3.63, 3.8) is 0 Å². The van der Waals surface area contributed by atoms with Crippen LogP contribution in [0.5, 0.6) is 0 Å². The van der Waals surface area contributed by atoms with E-state index >= 15 is 0 Å². The van der Waals surface area contributed by atoms with Crippen molar-refractivity contribution in [2.45, 2.75) is 51.7 Å². The van der Waals surface area contributed by atoms with Gasteiger partial charge in [0.25, 0.3) is 17.4 Å². The number of nitrogens with one attached hydrogen (secondary N) is 4. The molecule has 17 heteroatoms. The van der Waals surface area contributed by atoms with Crippen LogP contribution in [0.3, 0.4) is 0 Å². The summed E-state index contributed by atoms with van der Waals surface area (Å²) < 4.78 is 1.26. The number of aromatic amines is 1. The number of carbonyl (C=O) groups is 6. The Morgan fingerprint density at radius 3 is 2.35 bits per heavy atom. The molecule has 0 spiro atoms. The summed E-state index contributed by atoms with van der Waals surface area (Å²) in [6.45, 7) is 4.45. The van der Waals surface area contributed by atoms with E-state index < -0.39 is 72.2 Å². The highest BCUT2D eigenvalue weighted by Crippen LogP contribution is 2.25. The predicted octanol–water partition coefficient (Wildman–Crippen LogP) is 1.45. The van der Waals surface area contributed by atoms with Gasteiger partial charge in [-0.05, 0) is 43.0 Å². The van der Waals surface area contributed by atoms with Crippen molar-refractivity contribution < 1.29 is 28.8 Å². The second-order valence-corrected chi connectivity index (χ2v) is 15.1. The number of thiazole rings is 1. The number of hydrogen-bond acceptors (Lipinski definition) is 9. The molecular weight excluding hydrogens is 727 g/mol. The molecule has 6 amide bonds. The lowest BCUT2D eigenvalue weighted by Gasteiger charge is -2.28. The smallest absolute Gasteiger partial charge is 0.271 e. The minimum absolute atomic E-state index is 0.0296. The number of nitrogens with zero attached hydrogens (tertiary/aromatic N) is 5. The van der Waals surface area contributed by atoms with Crippen LogP contribution in [0.2, 0.25) is 0 Å². The highest BCUT2D eigenvalue weighted by molar-refractivity contribution is 7.09. The molecule has 5 rings (SSSR count). The molecule has 1 aliphatic heterocycles. The maximum Gasteiger partial charge on any atom is 0.271 e. The van der Waals surface area contributed by atoms with Gasteiger partial charge in [-0.3, -0.25) is 33.6 Å². The maximum absolute atomic E-state index is 13.9. The van der Waals surface area contributed by atoms with Gasteiger partial charge in [-0.2, -0.15) is 0 Å². The fraction of sp³-hybridized carbons (Fsp3) is 0.421. The van der Waals surface area contributed by atoms with Crippen LogP contribution in [-0.2, 0) is 32.6 Å². The van der Waals surface area contributed by atoms with Crippen LogP contribution in [0.15, 0.2) is 59.0 Å². The molecule has 2 bridgehead atoms. The van der Waals surface area contributed by atoms with Crippen LogP contribution >= 0.6 is 11.3 Å². The van der Waals surface area contributed by atoms with E-state index in [9.17, 15) is 33.6 Å². The molecule has 292 valence electrons. The fourth-order valence-corrected chi connectivity index (χ4v) is 7.28. The lowest BCUT2D eigenvalue weighted by Crippen LogP contribution is -2.53. The number of rotatable bonds is 5. The number of para-hydroxylation sites is 1. The quantitative estimate of drug-likeness (QED) is 0.234. The number of hydrogen-bond donors (Lipinski definition) is 4. The van der Waals surface area contributed by atoms with Gasteiger partial charge < -0.3 is 40.2 Å². The zero-order valence-electron chi connectivity index (χ0n) is 31.8. The van der Waals surface area contributed by atoms with Gasteiger partial charge in [0.2, 0.25) is 23.6 Å². The maximum atomic E-state index is 13.9. The summed E-state index contributed by atoms with van der Waals surface area (Å²) in [5, 5.41) is 11.3. The molecule has 16 nitrogen and oxygen atoms in total. The molecule has 0 unspecified atom stereocenters. The third kappa shape index (κ3) is 9.83. The van der Waals surface area contributed by atoms with Crippen molar-refractivity contribution >= 4 is 57.7 Å². The molecule has 0 aliphatic carbocycles. The van der Waals surface area contributed by atoms with E-state index in [2.05, 4.69) is 25.9 Å². The van der Waals surface area contributed by atoms with Crippen molar-refractivity contribution in [1.82, 2.24) is 45.2 Å². The SMILES string of the molecule is CC(C)C[C@@H]1NC(=O)CN(C(=O)c2cccn(C)c2=O)CCN(C)C(=O)[C@H](C)NC(=O)CN(C)C(=O)[C@@H](Cc2c[nH]c3ccccc23)NC(=O)c2csc1n2. The number of pyridine rings is 1. The van der Waals surface area contributed by atoms with Gasteiger partial charge in [0.05, 0.1) is 19.1 Å². The number of likely N-dealkylation sites (N-methyl/N-ethyl adjacent to an activating group) is 2. The van der Waals surface area contributed by atoms with Crippen LogP contribution in [0, 0.1) is 5.92 Å². The molecule has 1 aromatic carbocycles. The third-order valence-electron chi connectivity index (χ3n) is 9.36. The Balaban J connectivity index is 1.48. The Morgan fingerprint density at radius 2 is 1.60 bits per heavy atom. The molecule has 4 aromatic rings. The van der Waals surface area contributed by atoms with E-state index in [4.69, 9.17) is 0 Å². The largest absolute Gasteiger partial charge is 0.361 e. The Morgan fingerprint density at radius 1 is 0.873 bits per heavy atom. The Bertz CT molecular complexity index is 2140. The average molecular weight is 774 g/mol. The summed E-state index contributed by atoms with van der Waals surface area (Å²) in [6, 6.07) is 7.75. The summed E-state index contributed by atoms with van der Waals surface area (Å²) in [5.74, 6) is -3.39. The molecule has 0 saturated carbocycles. The molecular formula is C38H47N9O7S. The minimum Gasteiger partial charge on any atom is -0.361 e. The summed E-state index contributed by atoms with van der Waals surface area (Å²) in [6.07, 6.45) is 3.84. The van der Waals surface area contributed by atoms with Crippen molar-refractivity contribution in [3.05, 3.63) is 86.4 Å². The molecule has 0 fully saturated rings. The van der Waals surface area contributed by atoms with E-state index in [-0.39, 0.29) is 36.7 Å². The second-order valence-electron chi connectivity index (χ2n) is 14.2. The van der Waals surface area contributed by atoms with Crippen molar-refractivity contribution in [2.75, 3.05) is 40.3 Å². The van der Waals surface area contributed by atoms with Gasteiger partial charge in [-0.1, -0.05) is 32.0 Å². The van der Waals surface area contributed by atoms with Crippen molar-refractivity contribution in [3.8, 4) is 0 Å². The standard InChI is InChI=1S/C38H47N9O7S/c1-22(2)16-28-34-43-30(21-55-34)33(50)42-29(17-24-18-39-27-12-8-7-10-25(24)27)38(54)46(6)19-31(48)40-23(3)35(51)45(5)14-15-47(20-32(49)41-28)37(53)26-11-9-13-44(4)36(26)52/h7-13,18,21-23,28-29,39H,14-17,19-20H2,1-6H3,(H,40,48)(H,41,49)(H,42,50)/t23-,28-,29+/m0/s1. The predicted molar refractivity (Wildman–Crippen MR) is 206 cm³/mol. The number of aryl methyl sites for hydroxylation is 1. The van der Waals surface area contributed by atoms with Crippen LogP contribution in [-0.4, -0.2) is 117 Å². The van der Waals surface area contributed by atoms with Crippen molar-refractivity contribution in [1.29, 1.82) is 0 Å². The second kappa shape index (κ2) is 17.5. The van der Waals surface area contributed by atoms with Gasteiger partial charge in [-0.25, -0.2) is 4.98 Å². The molecule has 4 heterocycles. The number of benzene rings is 1. The minimum atomic E-state index is -1.09. The van der Waals surface area contributed by atoms with Gasteiger partial charge in [0, 0.05) is 69.3 Å². The first-order valence-corrected chi connectivity index (χ1v) is 18.9. The Labute approximate surface area is 322 Å². The molecule has 0 radical (unpaired) electrons. The number of fused-ring (bicyclic) bond motifs is 3. The van der Waals surface area contributed by atoms with E-state index in [1.807, 2.05) is 38.1 Å². The van der Waals surface area contributed by atoms with Crippen LogP contribution in [0.25, 0.3) is 10.9 Å². The van der Waals surface area contributed by atoms with E-state index in [0.717, 1.165) is 16.5 Å². The highest BCUT2D eigenvalue weighted by atomic mass is 32.1. The first-order valence-electron chi connectivity index (χ1n) is 18.0. The topological polar surface area (TPSA) is 199 Å². The number of H-pyrrole nitrogens is 1. The summed E-state index contributed by atoms with van der Waals surface area (Å²) in [4.78, 5) is 106. The van der Waals surface area contributed by atoms with E-state index in [0.29, 0.717) is 11.4 Å². The van der Waals surface area contributed by atoms with Crippen LogP contribution in [0.4, 0.5) is 0 Å². The first kappa shape index (κ1) is 40.3. The molecule has 4 N–H and O–H groups in total. The Hall–Kier alpha value is -5.84. The molecule has 1 aliphatic rings. The molecule has 55 heavy (non-hydrogen) atoms. The summed E-state index contributed by atoms with van der Waals surface area (Å²) in [7, 11) is 4.45. The molecule has 3 aromatic heterocycles. The van der Waals surface area contributed by atoms with E-state index in [1.165, 1.54) is 70.9 Å². The first-order chi connectivity index (χ1) is 26.1. The zero-order chi connectivity index (χ0) is 40.0. The van der Waals surface area contributed by atoms with Gasteiger partial charge in [0.15, 0.2) is 0 Å². The summed E-state index contributed by atoms with van der Waals surface area (Å²) >= 11 is 1.17.